The SMILES string of the molecule is O=C1CN(C(=O)CSc2ccc([N+](=O)[O-])cc2)CCCN1. The summed E-state index contributed by atoms with van der Waals surface area (Å²) in [5.41, 5.74) is 0.0230. The van der Waals surface area contributed by atoms with Crippen molar-refractivity contribution in [3.8, 4) is 0 Å². The molecule has 1 aromatic rings. The standard InChI is InChI=1S/C13H15N3O4S/c17-12-8-15(7-1-6-14-12)13(18)9-21-11-4-2-10(3-5-11)16(19)20/h2-5H,1,6-9H2,(H,14,17). The molecule has 0 bridgehead atoms. The second kappa shape index (κ2) is 7.07. The highest BCUT2D eigenvalue weighted by atomic mass is 32.2. The molecule has 0 spiro atoms. The maximum atomic E-state index is 12.1. The zero-order chi connectivity index (χ0) is 15.2. The number of nitro benzene ring substituents is 1. The zero-order valence-electron chi connectivity index (χ0n) is 11.3. The van der Waals surface area contributed by atoms with Crippen LogP contribution >= 0.6 is 11.8 Å². The maximum absolute atomic E-state index is 12.1. The molecule has 21 heavy (non-hydrogen) atoms. The van der Waals surface area contributed by atoms with Crippen molar-refractivity contribution in [3.63, 3.8) is 0 Å². The summed E-state index contributed by atoms with van der Waals surface area (Å²) in [6.45, 7) is 1.26. The molecule has 1 heterocycles. The van der Waals surface area contributed by atoms with E-state index in [1.165, 1.54) is 23.9 Å². The van der Waals surface area contributed by atoms with Crippen molar-refractivity contribution in [2.75, 3.05) is 25.4 Å². The van der Waals surface area contributed by atoms with Gasteiger partial charge in [0, 0.05) is 30.1 Å². The number of hydrogen-bond acceptors (Lipinski definition) is 5. The number of amides is 2. The summed E-state index contributed by atoms with van der Waals surface area (Å²) in [6.07, 6.45) is 0.750. The summed E-state index contributed by atoms with van der Waals surface area (Å²) in [7, 11) is 0. The predicted molar refractivity (Wildman–Crippen MR) is 78.0 cm³/mol. The van der Waals surface area contributed by atoms with E-state index in [9.17, 15) is 19.7 Å². The normalized spacial score (nSPS) is 15.2. The van der Waals surface area contributed by atoms with E-state index < -0.39 is 4.92 Å². The lowest BCUT2D eigenvalue weighted by molar-refractivity contribution is -0.384. The molecule has 1 aromatic carbocycles. The number of carbonyl (C=O) groups is 2. The van der Waals surface area contributed by atoms with Gasteiger partial charge in [0.15, 0.2) is 0 Å². The van der Waals surface area contributed by atoms with E-state index in [4.69, 9.17) is 0 Å². The molecule has 0 unspecified atom stereocenters. The fourth-order valence-corrected chi connectivity index (χ4v) is 2.72. The van der Waals surface area contributed by atoms with Crippen LogP contribution in [0.25, 0.3) is 0 Å². The molecule has 0 radical (unpaired) electrons. The van der Waals surface area contributed by atoms with Gasteiger partial charge >= 0.3 is 0 Å². The van der Waals surface area contributed by atoms with Gasteiger partial charge < -0.3 is 10.2 Å². The average molecular weight is 309 g/mol. The third-order valence-corrected chi connectivity index (χ3v) is 4.02. The Balaban J connectivity index is 1.88. The summed E-state index contributed by atoms with van der Waals surface area (Å²) in [4.78, 5) is 35.9. The van der Waals surface area contributed by atoms with Crippen molar-refractivity contribution in [3.05, 3.63) is 34.4 Å². The first-order valence-electron chi connectivity index (χ1n) is 6.48. The number of non-ortho nitro benzene ring substituents is 1. The van der Waals surface area contributed by atoms with E-state index in [0.29, 0.717) is 13.1 Å². The van der Waals surface area contributed by atoms with Crippen LogP contribution in [-0.2, 0) is 9.59 Å². The van der Waals surface area contributed by atoms with Gasteiger partial charge in [-0.1, -0.05) is 0 Å². The molecule has 1 aliphatic rings. The van der Waals surface area contributed by atoms with Gasteiger partial charge in [-0.15, -0.1) is 11.8 Å². The quantitative estimate of drug-likeness (QED) is 0.509. The minimum Gasteiger partial charge on any atom is -0.354 e. The first kappa shape index (κ1) is 15.3. The molecular formula is C13H15N3O4S. The van der Waals surface area contributed by atoms with Crippen molar-refractivity contribution in [1.29, 1.82) is 0 Å². The summed E-state index contributed by atoms with van der Waals surface area (Å²) >= 11 is 1.31. The van der Waals surface area contributed by atoms with E-state index in [-0.39, 0.29) is 29.8 Å². The largest absolute Gasteiger partial charge is 0.354 e. The van der Waals surface area contributed by atoms with Crippen molar-refractivity contribution in [1.82, 2.24) is 10.2 Å². The molecule has 112 valence electrons. The molecule has 1 saturated heterocycles. The van der Waals surface area contributed by atoms with Crippen LogP contribution in [0, 0.1) is 10.1 Å². The minimum absolute atomic E-state index is 0.0230. The highest BCUT2D eigenvalue weighted by Crippen LogP contribution is 2.21. The Labute approximate surface area is 125 Å². The number of nitro groups is 1. The van der Waals surface area contributed by atoms with Gasteiger partial charge in [-0.25, -0.2) is 0 Å². The van der Waals surface area contributed by atoms with E-state index in [2.05, 4.69) is 5.32 Å². The van der Waals surface area contributed by atoms with Gasteiger partial charge in [-0.05, 0) is 18.6 Å². The Morgan fingerprint density at radius 3 is 2.76 bits per heavy atom. The predicted octanol–water partition coefficient (Wildman–Crippen LogP) is 1.04. The van der Waals surface area contributed by atoms with Crippen LogP contribution in [-0.4, -0.2) is 47.0 Å². The Morgan fingerprint density at radius 1 is 1.38 bits per heavy atom. The zero-order valence-corrected chi connectivity index (χ0v) is 12.1. The van der Waals surface area contributed by atoms with Crippen LogP contribution < -0.4 is 5.32 Å². The highest BCUT2D eigenvalue weighted by molar-refractivity contribution is 8.00. The Bertz CT molecular complexity index is 547. The minimum atomic E-state index is -0.463. The number of benzene rings is 1. The number of hydrogen-bond donors (Lipinski definition) is 1. The molecule has 1 N–H and O–H groups in total. The molecule has 8 heteroatoms. The number of nitrogens with one attached hydrogen (secondary N) is 1. The number of rotatable bonds is 4. The lowest BCUT2D eigenvalue weighted by Crippen LogP contribution is -2.38. The van der Waals surface area contributed by atoms with Crippen LogP contribution in [0.2, 0.25) is 0 Å². The van der Waals surface area contributed by atoms with Crippen molar-refractivity contribution < 1.29 is 14.5 Å². The van der Waals surface area contributed by atoms with Crippen molar-refractivity contribution in [2.24, 2.45) is 0 Å². The lowest BCUT2D eigenvalue weighted by Gasteiger charge is -2.18. The van der Waals surface area contributed by atoms with Crippen molar-refractivity contribution >= 4 is 29.3 Å². The Hall–Kier alpha value is -2.09. The van der Waals surface area contributed by atoms with Gasteiger partial charge in [0.2, 0.25) is 11.8 Å². The molecule has 1 fully saturated rings. The molecule has 0 atom stereocenters. The molecule has 2 rings (SSSR count). The van der Waals surface area contributed by atoms with Gasteiger partial charge in [0.25, 0.3) is 5.69 Å². The number of thioether (sulfide) groups is 1. The fraction of sp³-hybridized carbons (Fsp3) is 0.385. The Morgan fingerprint density at radius 2 is 2.10 bits per heavy atom. The Kier molecular flexibility index (Phi) is 5.15. The maximum Gasteiger partial charge on any atom is 0.269 e. The third-order valence-electron chi connectivity index (χ3n) is 3.02. The summed E-state index contributed by atoms with van der Waals surface area (Å²) in [5.74, 6) is -0.0259. The van der Waals surface area contributed by atoms with E-state index in [0.717, 1.165) is 11.3 Å². The van der Waals surface area contributed by atoms with Gasteiger partial charge in [-0.2, -0.15) is 0 Å². The summed E-state index contributed by atoms with van der Waals surface area (Å²) < 4.78 is 0. The highest BCUT2D eigenvalue weighted by Gasteiger charge is 2.19. The third kappa shape index (κ3) is 4.45. The molecule has 0 aromatic heterocycles. The van der Waals surface area contributed by atoms with E-state index >= 15 is 0 Å². The molecule has 1 aliphatic heterocycles. The molecule has 7 nitrogen and oxygen atoms in total. The fourth-order valence-electron chi connectivity index (χ4n) is 1.92. The lowest BCUT2D eigenvalue weighted by atomic mass is 10.3. The first-order chi connectivity index (χ1) is 10.1. The molecule has 0 aliphatic carbocycles. The number of nitrogens with zero attached hydrogens (tertiary/aromatic N) is 2. The van der Waals surface area contributed by atoms with Crippen molar-refractivity contribution in [2.45, 2.75) is 11.3 Å². The molecule has 2 amide bonds. The summed E-state index contributed by atoms with van der Waals surface area (Å²) in [6, 6.07) is 6.05. The van der Waals surface area contributed by atoms with E-state index in [1.54, 1.807) is 17.0 Å². The van der Waals surface area contributed by atoms with Gasteiger partial charge in [0.05, 0.1) is 17.2 Å². The van der Waals surface area contributed by atoms with Gasteiger partial charge in [-0.3, -0.25) is 19.7 Å². The first-order valence-corrected chi connectivity index (χ1v) is 7.46. The molecule has 0 saturated carbocycles. The summed E-state index contributed by atoms with van der Waals surface area (Å²) in [5, 5.41) is 13.3. The van der Waals surface area contributed by atoms with Crippen LogP contribution in [0.1, 0.15) is 6.42 Å². The van der Waals surface area contributed by atoms with Gasteiger partial charge in [0.1, 0.15) is 0 Å². The molecular weight excluding hydrogens is 294 g/mol. The van der Waals surface area contributed by atoms with Crippen LogP contribution in [0.5, 0.6) is 0 Å². The number of carbonyl (C=O) groups excluding carboxylic acids is 2. The smallest absolute Gasteiger partial charge is 0.269 e. The average Bonchev–Trinajstić information content (AvgIpc) is 2.70. The van der Waals surface area contributed by atoms with Crippen LogP contribution in [0.3, 0.4) is 0 Å². The van der Waals surface area contributed by atoms with Crippen LogP contribution in [0.4, 0.5) is 5.69 Å². The second-order valence-electron chi connectivity index (χ2n) is 4.56. The van der Waals surface area contributed by atoms with Crippen LogP contribution in [0.15, 0.2) is 29.2 Å². The topological polar surface area (TPSA) is 92.5 Å². The monoisotopic (exact) mass is 309 g/mol. The second-order valence-corrected chi connectivity index (χ2v) is 5.61. The van der Waals surface area contributed by atoms with E-state index in [1.807, 2.05) is 0 Å².